The lowest BCUT2D eigenvalue weighted by Gasteiger charge is -2.30. The molecule has 6 heteroatoms. The molecule has 1 aliphatic heterocycles. The average Bonchev–Trinajstić information content (AvgIpc) is 2.29. The number of piperidine rings is 1. The second-order valence-corrected chi connectivity index (χ2v) is 3.97. The Balaban J connectivity index is 2.47. The molecule has 1 heterocycles. The predicted octanol–water partition coefficient (Wildman–Crippen LogP) is -0.371. The Morgan fingerprint density at radius 3 is 2.53 bits per heavy atom. The molecule has 1 rings (SSSR count). The monoisotopic (exact) mass is 240 g/mol. The Bertz CT molecular complexity index is 329. The van der Waals surface area contributed by atoms with Crippen LogP contribution in [0.2, 0.25) is 0 Å². The Morgan fingerprint density at radius 1 is 1.47 bits per heavy atom. The molecule has 0 aliphatic carbocycles. The molecule has 0 aromatic rings. The first-order valence-corrected chi connectivity index (χ1v) is 5.44. The van der Waals surface area contributed by atoms with Crippen molar-refractivity contribution >= 4 is 12.0 Å². The number of carboxylic acid groups (broad SMARTS) is 1. The third kappa shape index (κ3) is 3.96. The normalized spacial score (nSPS) is 18.2. The number of aliphatic hydroxyl groups excluding tert-OH is 1. The van der Waals surface area contributed by atoms with Gasteiger partial charge in [0.1, 0.15) is 6.04 Å². The minimum atomic E-state index is -1.15. The fourth-order valence-electron chi connectivity index (χ4n) is 1.63. The van der Waals surface area contributed by atoms with Gasteiger partial charge in [-0.15, -0.1) is 12.3 Å². The highest BCUT2D eigenvalue weighted by Gasteiger charge is 2.25. The molecule has 1 atom stereocenters. The zero-order valence-electron chi connectivity index (χ0n) is 9.43. The fraction of sp³-hybridized carbons (Fsp3) is 0.636. The first-order valence-electron chi connectivity index (χ1n) is 5.44. The van der Waals surface area contributed by atoms with Crippen LogP contribution < -0.4 is 5.32 Å². The number of carbonyl (C=O) groups is 2. The van der Waals surface area contributed by atoms with Gasteiger partial charge in [-0.1, -0.05) is 0 Å². The summed E-state index contributed by atoms with van der Waals surface area (Å²) >= 11 is 0. The van der Waals surface area contributed by atoms with Gasteiger partial charge in [0.2, 0.25) is 0 Å². The first kappa shape index (κ1) is 13.3. The smallest absolute Gasteiger partial charge is 0.327 e. The zero-order valence-corrected chi connectivity index (χ0v) is 9.43. The number of likely N-dealkylation sites (tertiary alicyclic amines) is 1. The predicted molar refractivity (Wildman–Crippen MR) is 60.2 cm³/mol. The van der Waals surface area contributed by atoms with Crippen LogP contribution in [0.3, 0.4) is 0 Å². The lowest BCUT2D eigenvalue weighted by atomic mass is 10.1. The van der Waals surface area contributed by atoms with Gasteiger partial charge in [-0.25, -0.2) is 9.59 Å². The van der Waals surface area contributed by atoms with Gasteiger partial charge >= 0.3 is 12.0 Å². The van der Waals surface area contributed by atoms with E-state index in [-0.39, 0.29) is 12.5 Å². The van der Waals surface area contributed by atoms with Gasteiger partial charge in [0.05, 0.1) is 6.10 Å². The van der Waals surface area contributed by atoms with Crippen LogP contribution in [0.5, 0.6) is 0 Å². The largest absolute Gasteiger partial charge is 0.480 e. The molecule has 1 fully saturated rings. The summed E-state index contributed by atoms with van der Waals surface area (Å²) < 4.78 is 0. The highest BCUT2D eigenvalue weighted by Crippen LogP contribution is 2.10. The van der Waals surface area contributed by atoms with Crippen molar-refractivity contribution in [1.29, 1.82) is 0 Å². The quantitative estimate of drug-likeness (QED) is 0.587. The third-order valence-electron chi connectivity index (χ3n) is 2.67. The number of carboxylic acids is 1. The number of hydrogen-bond donors (Lipinski definition) is 3. The SMILES string of the molecule is C#CCC(NC(=O)N1CCC(O)CC1)C(=O)O. The van der Waals surface area contributed by atoms with Gasteiger partial charge in [0.15, 0.2) is 0 Å². The molecule has 1 aliphatic rings. The van der Waals surface area contributed by atoms with E-state index in [9.17, 15) is 14.7 Å². The van der Waals surface area contributed by atoms with Gasteiger partial charge in [0, 0.05) is 19.5 Å². The maximum atomic E-state index is 11.7. The highest BCUT2D eigenvalue weighted by atomic mass is 16.4. The summed E-state index contributed by atoms with van der Waals surface area (Å²) in [5.74, 6) is 1.07. The summed E-state index contributed by atoms with van der Waals surface area (Å²) in [5, 5.41) is 20.5. The molecule has 3 N–H and O–H groups in total. The van der Waals surface area contributed by atoms with E-state index in [2.05, 4.69) is 11.2 Å². The minimum absolute atomic E-state index is 0.0441. The van der Waals surface area contributed by atoms with Crippen LogP contribution in [0.1, 0.15) is 19.3 Å². The van der Waals surface area contributed by atoms with E-state index >= 15 is 0 Å². The topological polar surface area (TPSA) is 89.9 Å². The second-order valence-electron chi connectivity index (χ2n) is 3.97. The maximum absolute atomic E-state index is 11.7. The summed E-state index contributed by atoms with van der Waals surface area (Å²) in [7, 11) is 0. The van der Waals surface area contributed by atoms with Crippen molar-refractivity contribution in [3.63, 3.8) is 0 Å². The van der Waals surface area contributed by atoms with E-state index in [4.69, 9.17) is 11.5 Å². The lowest BCUT2D eigenvalue weighted by Crippen LogP contribution is -2.50. The Labute approximate surface area is 99.6 Å². The number of urea groups is 1. The maximum Gasteiger partial charge on any atom is 0.327 e. The fourth-order valence-corrected chi connectivity index (χ4v) is 1.63. The molecule has 0 aromatic carbocycles. The molecule has 0 aromatic heterocycles. The summed E-state index contributed by atoms with van der Waals surface area (Å²) in [6.07, 6.45) is 5.64. The Kier molecular flexibility index (Phi) is 4.79. The van der Waals surface area contributed by atoms with E-state index in [1.165, 1.54) is 4.90 Å². The lowest BCUT2D eigenvalue weighted by molar-refractivity contribution is -0.139. The molecule has 94 valence electrons. The molecule has 0 radical (unpaired) electrons. The molecular weight excluding hydrogens is 224 g/mol. The highest BCUT2D eigenvalue weighted by molar-refractivity contribution is 5.82. The van der Waals surface area contributed by atoms with Crippen LogP contribution in [0.15, 0.2) is 0 Å². The van der Waals surface area contributed by atoms with Crippen molar-refractivity contribution < 1.29 is 19.8 Å². The molecule has 0 saturated carbocycles. The average molecular weight is 240 g/mol. The standard InChI is InChI=1S/C11H16N2O4/c1-2-3-9(10(15)16)12-11(17)13-6-4-8(14)5-7-13/h1,8-9,14H,3-7H2,(H,12,17)(H,15,16). The van der Waals surface area contributed by atoms with E-state index in [0.717, 1.165) is 0 Å². The summed E-state index contributed by atoms with van der Waals surface area (Å²) in [5.41, 5.74) is 0. The van der Waals surface area contributed by atoms with Crippen molar-refractivity contribution in [2.24, 2.45) is 0 Å². The van der Waals surface area contributed by atoms with E-state index in [0.29, 0.717) is 25.9 Å². The van der Waals surface area contributed by atoms with Gasteiger partial charge < -0.3 is 20.4 Å². The number of terminal acetylenes is 1. The van der Waals surface area contributed by atoms with Gasteiger partial charge in [-0.3, -0.25) is 0 Å². The number of aliphatic carboxylic acids is 1. The first-order chi connectivity index (χ1) is 8.04. The number of nitrogens with one attached hydrogen (secondary N) is 1. The van der Waals surface area contributed by atoms with Gasteiger partial charge in [-0.05, 0) is 12.8 Å². The number of amides is 2. The molecule has 6 nitrogen and oxygen atoms in total. The number of nitrogens with zero attached hydrogens (tertiary/aromatic N) is 1. The van der Waals surface area contributed by atoms with Crippen molar-refractivity contribution in [1.82, 2.24) is 10.2 Å². The Hall–Kier alpha value is -1.74. The van der Waals surface area contributed by atoms with Crippen LogP contribution in [0.25, 0.3) is 0 Å². The molecule has 0 spiro atoms. The van der Waals surface area contributed by atoms with Crippen molar-refractivity contribution in [3.05, 3.63) is 0 Å². The molecule has 17 heavy (non-hydrogen) atoms. The number of aliphatic hydroxyl groups is 1. The minimum Gasteiger partial charge on any atom is -0.480 e. The van der Waals surface area contributed by atoms with E-state index in [1.54, 1.807) is 0 Å². The molecule has 1 unspecified atom stereocenters. The number of rotatable bonds is 3. The number of carbonyl (C=O) groups excluding carboxylic acids is 1. The zero-order chi connectivity index (χ0) is 12.8. The van der Waals surface area contributed by atoms with Crippen molar-refractivity contribution in [2.45, 2.75) is 31.4 Å². The second kappa shape index (κ2) is 6.11. The van der Waals surface area contributed by atoms with Crippen LogP contribution >= 0.6 is 0 Å². The van der Waals surface area contributed by atoms with Gasteiger partial charge in [0.25, 0.3) is 0 Å². The molecule has 0 bridgehead atoms. The third-order valence-corrected chi connectivity index (χ3v) is 2.67. The van der Waals surface area contributed by atoms with Crippen molar-refractivity contribution in [3.8, 4) is 12.3 Å². The molecular formula is C11H16N2O4. The van der Waals surface area contributed by atoms with Crippen LogP contribution in [0, 0.1) is 12.3 Å². The summed E-state index contributed by atoms with van der Waals surface area (Å²) in [6, 6.07) is -1.50. The van der Waals surface area contributed by atoms with Crippen LogP contribution in [-0.2, 0) is 4.79 Å². The van der Waals surface area contributed by atoms with Crippen LogP contribution in [0.4, 0.5) is 4.79 Å². The van der Waals surface area contributed by atoms with E-state index < -0.39 is 18.0 Å². The number of hydrogen-bond acceptors (Lipinski definition) is 3. The van der Waals surface area contributed by atoms with Crippen LogP contribution in [-0.4, -0.2) is 52.3 Å². The molecule has 2 amide bonds. The summed E-state index contributed by atoms with van der Waals surface area (Å²) in [4.78, 5) is 24.0. The van der Waals surface area contributed by atoms with Crippen molar-refractivity contribution in [2.75, 3.05) is 13.1 Å². The van der Waals surface area contributed by atoms with E-state index in [1.807, 2.05) is 0 Å². The Morgan fingerprint density at radius 2 is 2.06 bits per heavy atom. The summed E-state index contributed by atoms with van der Waals surface area (Å²) in [6.45, 7) is 0.852. The van der Waals surface area contributed by atoms with Gasteiger partial charge in [-0.2, -0.15) is 0 Å². The molecule has 1 saturated heterocycles.